The number of hydrogen-bond donors (Lipinski definition) is 0. The Labute approximate surface area is 204 Å². The van der Waals surface area contributed by atoms with Crippen LogP contribution in [0.4, 0.5) is 11.4 Å². The lowest BCUT2D eigenvalue weighted by molar-refractivity contribution is -0.131. The first-order valence-electron chi connectivity index (χ1n) is 10.3. The zero-order chi connectivity index (χ0) is 23.5. The van der Waals surface area contributed by atoms with Crippen LogP contribution in [0.15, 0.2) is 36.4 Å². The molecule has 2 aromatic carbocycles. The topological polar surface area (TPSA) is 60.9 Å². The van der Waals surface area contributed by atoms with Gasteiger partial charge in [0.25, 0.3) is 0 Å². The van der Waals surface area contributed by atoms with Gasteiger partial charge in [0.05, 0.1) is 17.0 Å². The van der Waals surface area contributed by atoms with Crippen molar-refractivity contribution in [1.82, 2.24) is 4.90 Å². The third kappa shape index (κ3) is 6.22. The first-order chi connectivity index (χ1) is 15.1. The maximum absolute atomic E-state index is 12.7. The first-order valence-corrected chi connectivity index (χ1v) is 13.3. The van der Waals surface area contributed by atoms with Crippen LogP contribution in [-0.4, -0.2) is 58.2 Å². The Morgan fingerprint density at radius 2 is 1.62 bits per heavy atom. The molecule has 174 valence electrons. The third-order valence-corrected chi connectivity index (χ3v) is 7.44. The molecule has 0 spiro atoms. The van der Waals surface area contributed by atoms with Crippen molar-refractivity contribution in [3.8, 4) is 0 Å². The summed E-state index contributed by atoms with van der Waals surface area (Å²) in [5.41, 5.74) is 2.56. The zero-order valence-corrected chi connectivity index (χ0v) is 21.1. The summed E-state index contributed by atoms with van der Waals surface area (Å²) in [7, 11) is -3.58. The maximum Gasteiger partial charge on any atom is 0.232 e. The van der Waals surface area contributed by atoms with Crippen LogP contribution >= 0.6 is 34.8 Å². The first kappa shape index (κ1) is 25.0. The number of sulfonamides is 1. The standard InChI is InChI=1S/C22H26Cl3N3O3S/c1-16-5-6-17(23)14-20(16)26-10-12-27(13-11-26)22(29)4-3-9-28(32(2,30)31)21-15-18(24)7-8-19(21)25/h5-8,14-15H,3-4,9-13H2,1-2H3. The van der Waals surface area contributed by atoms with E-state index >= 15 is 0 Å². The molecule has 1 heterocycles. The van der Waals surface area contributed by atoms with Crippen LogP contribution in [0.3, 0.4) is 0 Å². The van der Waals surface area contributed by atoms with E-state index in [-0.39, 0.29) is 18.9 Å². The molecule has 10 heteroatoms. The number of amides is 1. The van der Waals surface area contributed by atoms with Gasteiger partial charge in [-0.1, -0.05) is 40.9 Å². The molecule has 0 unspecified atom stereocenters. The predicted molar refractivity (Wildman–Crippen MR) is 133 cm³/mol. The lowest BCUT2D eigenvalue weighted by atomic mass is 10.1. The maximum atomic E-state index is 12.7. The van der Waals surface area contributed by atoms with Gasteiger partial charge in [-0.25, -0.2) is 8.42 Å². The molecule has 1 fully saturated rings. The van der Waals surface area contributed by atoms with Crippen LogP contribution in [0.5, 0.6) is 0 Å². The Morgan fingerprint density at radius 1 is 1.00 bits per heavy atom. The van der Waals surface area contributed by atoms with E-state index in [0.717, 1.165) is 30.6 Å². The van der Waals surface area contributed by atoms with Gasteiger partial charge in [0.15, 0.2) is 0 Å². The molecule has 3 rings (SSSR count). The van der Waals surface area contributed by atoms with Crippen LogP contribution in [0.1, 0.15) is 18.4 Å². The molecule has 0 aromatic heterocycles. The molecule has 1 saturated heterocycles. The van der Waals surface area contributed by atoms with E-state index in [9.17, 15) is 13.2 Å². The van der Waals surface area contributed by atoms with Gasteiger partial charge in [0, 0.05) is 54.9 Å². The van der Waals surface area contributed by atoms with Crippen molar-refractivity contribution in [2.24, 2.45) is 0 Å². The number of nitrogens with zero attached hydrogens (tertiary/aromatic N) is 3. The second-order valence-corrected chi connectivity index (χ2v) is 11.0. The molecule has 2 aromatic rings. The van der Waals surface area contributed by atoms with Crippen LogP contribution < -0.4 is 9.21 Å². The third-order valence-electron chi connectivity index (χ3n) is 5.47. The van der Waals surface area contributed by atoms with Crippen LogP contribution in [0.2, 0.25) is 15.1 Å². The zero-order valence-electron chi connectivity index (χ0n) is 18.0. The molecule has 0 atom stereocenters. The van der Waals surface area contributed by atoms with E-state index < -0.39 is 10.0 Å². The van der Waals surface area contributed by atoms with Gasteiger partial charge in [0.1, 0.15) is 0 Å². The lowest BCUT2D eigenvalue weighted by Gasteiger charge is -2.37. The van der Waals surface area contributed by atoms with Crippen molar-refractivity contribution in [2.45, 2.75) is 19.8 Å². The number of rotatable bonds is 7. The number of anilines is 2. The minimum absolute atomic E-state index is 0.0121. The van der Waals surface area contributed by atoms with E-state index in [1.807, 2.05) is 30.0 Å². The van der Waals surface area contributed by atoms with Gasteiger partial charge in [-0.05, 0) is 49.2 Å². The quantitative estimate of drug-likeness (QED) is 0.526. The van der Waals surface area contributed by atoms with Crippen molar-refractivity contribution in [2.75, 3.05) is 48.2 Å². The average Bonchev–Trinajstić information content (AvgIpc) is 2.74. The Morgan fingerprint density at radius 3 is 2.28 bits per heavy atom. The summed E-state index contributed by atoms with van der Waals surface area (Å²) in [6.07, 6.45) is 1.74. The van der Waals surface area contributed by atoms with Gasteiger partial charge in [0.2, 0.25) is 15.9 Å². The van der Waals surface area contributed by atoms with Crippen LogP contribution in [0.25, 0.3) is 0 Å². The van der Waals surface area contributed by atoms with Crippen LogP contribution in [-0.2, 0) is 14.8 Å². The summed E-state index contributed by atoms with van der Waals surface area (Å²) < 4.78 is 25.8. The Balaban J connectivity index is 1.56. The van der Waals surface area contributed by atoms with Gasteiger partial charge < -0.3 is 9.80 Å². The minimum Gasteiger partial charge on any atom is -0.368 e. The Kier molecular flexibility index (Phi) is 8.20. The highest BCUT2D eigenvalue weighted by Gasteiger charge is 2.24. The molecular weight excluding hydrogens is 493 g/mol. The molecule has 0 radical (unpaired) electrons. The Hall–Kier alpha value is -1.67. The number of halogens is 3. The van der Waals surface area contributed by atoms with Gasteiger partial charge >= 0.3 is 0 Å². The van der Waals surface area contributed by atoms with E-state index in [0.29, 0.717) is 40.3 Å². The second-order valence-electron chi connectivity index (χ2n) is 7.83. The molecule has 6 nitrogen and oxygen atoms in total. The summed E-state index contributed by atoms with van der Waals surface area (Å²) in [5, 5.41) is 1.37. The van der Waals surface area contributed by atoms with Gasteiger partial charge in [-0.3, -0.25) is 9.10 Å². The van der Waals surface area contributed by atoms with Crippen LogP contribution in [0, 0.1) is 6.92 Å². The molecule has 1 amide bonds. The highest BCUT2D eigenvalue weighted by molar-refractivity contribution is 7.92. The highest BCUT2D eigenvalue weighted by atomic mass is 35.5. The largest absolute Gasteiger partial charge is 0.368 e. The molecule has 1 aliphatic heterocycles. The fourth-order valence-corrected chi connectivity index (χ4v) is 5.37. The van der Waals surface area contributed by atoms with Gasteiger partial charge in [-0.2, -0.15) is 0 Å². The van der Waals surface area contributed by atoms with Crippen molar-refractivity contribution < 1.29 is 13.2 Å². The summed E-state index contributed by atoms with van der Waals surface area (Å²) in [4.78, 5) is 16.8. The Bertz CT molecular complexity index is 1090. The number of hydrogen-bond acceptors (Lipinski definition) is 4. The molecular formula is C22H26Cl3N3O3S. The number of piperazine rings is 1. The molecule has 1 aliphatic rings. The normalized spacial score (nSPS) is 14.5. The fourth-order valence-electron chi connectivity index (χ4n) is 3.79. The summed E-state index contributed by atoms with van der Waals surface area (Å²) >= 11 is 18.4. The van der Waals surface area contributed by atoms with E-state index in [4.69, 9.17) is 34.8 Å². The van der Waals surface area contributed by atoms with Crippen molar-refractivity contribution >= 4 is 62.1 Å². The summed E-state index contributed by atoms with van der Waals surface area (Å²) in [6, 6.07) is 10.5. The molecule has 32 heavy (non-hydrogen) atoms. The highest BCUT2D eigenvalue weighted by Crippen LogP contribution is 2.31. The number of benzene rings is 2. The monoisotopic (exact) mass is 517 g/mol. The SMILES string of the molecule is Cc1ccc(Cl)cc1N1CCN(C(=O)CCCN(c2cc(Cl)ccc2Cl)S(C)(=O)=O)CC1. The molecule has 0 aliphatic carbocycles. The summed E-state index contributed by atoms with van der Waals surface area (Å²) in [5.74, 6) is 0.0121. The van der Waals surface area contributed by atoms with Gasteiger partial charge in [-0.15, -0.1) is 0 Å². The predicted octanol–water partition coefficient (Wildman–Crippen LogP) is 4.85. The van der Waals surface area contributed by atoms with Crippen molar-refractivity contribution in [3.63, 3.8) is 0 Å². The van der Waals surface area contributed by atoms with E-state index in [1.54, 1.807) is 12.1 Å². The lowest BCUT2D eigenvalue weighted by Crippen LogP contribution is -2.49. The summed E-state index contributed by atoms with van der Waals surface area (Å²) in [6.45, 7) is 4.86. The average molecular weight is 519 g/mol. The van der Waals surface area contributed by atoms with Crippen molar-refractivity contribution in [1.29, 1.82) is 0 Å². The molecule has 0 N–H and O–H groups in total. The van der Waals surface area contributed by atoms with Crippen molar-refractivity contribution in [3.05, 3.63) is 57.0 Å². The number of aryl methyl sites for hydroxylation is 1. The second kappa shape index (κ2) is 10.5. The van der Waals surface area contributed by atoms with E-state index in [1.165, 1.54) is 10.4 Å². The number of carbonyl (C=O) groups excluding carboxylic acids is 1. The fraction of sp³-hybridized carbons (Fsp3) is 0.409. The van der Waals surface area contributed by atoms with E-state index in [2.05, 4.69) is 4.90 Å². The number of carbonyl (C=O) groups is 1. The molecule has 0 saturated carbocycles. The minimum atomic E-state index is -3.58. The molecule has 0 bridgehead atoms. The smallest absolute Gasteiger partial charge is 0.232 e.